The first-order chi connectivity index (χ1) is 8.38. The lowest BCUT2D eigenvalue weighted by molar-refractivity contribution is 0.188. The predicted octanol–water partition coefficient (Wildman–Crippen LogP) is 2.94. The highest BCUT2D eigenvalue weighted by molar-refractivity contribution is 7.99. The van der Waals surface area contributed by atoms with Crippen molar-refractivity contribution in [3.05, 3.63) is 30.3 Å². The van der Waals surface area contributed by atoms with Crippen molar-refractivity contribution in [1.82, 2.24) is 5.32 Å². The van der Waals surface area contributed by atoms with Crippen LogP contribution in [-0.4, -0.2) is 31.1 Å². The van der Waals surface area contributed by atoms with Crippen molar-refractivity contribution in [2.24, 2.45) is 0 Å². The first-order valence-electron chi connectivity index (χ1n) is 6.40. The van der Waals surface area contributed by atoms with Crippen molar-refractivity contribution in [2.45, 2.75) is 36.7 Å². The molecule has 0 spiro atoms. The van der Waals surface area contributed by atoms with Crippen LogP contribution >= 0.6 is 11.8 Å². The summed E-state index contributed by atoms with van der Waals surface area (Å²) in [6, 6.07) is 11.8. The second-order valence-corrected chi connectivity index (χ2v) is 5.55. The van der Waals surface area contributed by atoms with E-state index in [0.717, 1.165) is 25.4 Å². The van der Waals surface area contributed by atoms with E-state index in [1.54, 1.807) is 0 Å². The SMILES string of the molecule is CC[C@@H](CSc1ccccc1)N[C@@H]1CCOC1. The van der Waals surface area contributed by atoms with Crippen LogP contribution in [0.5, 0.6) is 0 Å². The average Bonchev–Trinajstić information content (AvgIpc) is 2.88. The summed E-state index contributed by atoms with van der Waals surface area (Å²) >= 11 is 1.93. The fourth-order valence-electron chi connectivity index (χ4n) is 2.00. The molecular formula is C14H21NOS. The second kappa shape index (κ2) is 7.04. The topological polar surface area (TPSA) is 21.3 Å². The Labute approximate surface area is 108 Å². The van der Waals surface area contributed by atoms with Crippen molar-refractivity contribution < 1.29 is 4.74 Å². The molecule has 2 nitrogen and oxygen atoms in total. The molecule has 1 aliphatic heterocycles. The number of thioether (sulfide) groups is 1. The molecule has 0 aromatic heterocycles. The maximum absolute atomic E-state index is 5.40. The van der Waals surface area contributed by atoms with Gasteiger partial charge >= 0.3 is 0 Å². The largest absolute Gasteiger partial charge is 0.380 e. The van der Waals surface area contributed by atoms with Gasteiger partial charge in [0.15, 0.2) is 0 Å². The van der Waals surface area contributed by atoms with Crippen LogP contribution in [0.3, 0.4) is 0 Å². The third-order valence-corrected chi connectivity index (χ3v) is 4.26. The zero-order valence-corrected chi connectivity index (χ0v) is 11.2. The Morgan fingerprint density at radius 3 is 2.88 bits per heavy atom. The van der Waals surface area contributed by atoms with Crippen molar-refractivity contribution in [3.8, 4) is 0 Å². The van der Waals surface area contributed by atoms with E-state index >= 15 is 0 Å². The molecule has 0 aliphatic carbocycles. The molecule has 1 aromatic carbocycles. The molecule has 17 heavy (non-hydrogen) atoms. The molecule has 1 N–H and O–H groups in total. The van der Waals surface area contributed by atoms with E-state index in [2.05, 4.69) is 42.6 Å². The van der Waals surface area contributed by atoms with Crippen LogP contribution in [0.15, 0.2) is 35.2 Å². The predicted molar refractivity (Wildman–Crippen MR) is 73.6 cm³/mol. The van der Waals surface area contributed by atoms with E-state index in [-0.39, 0.29) is 0 Å². The number of benzene rings is 1. The highest BCUT2D eigenvalue weighted by Gasteiger charge is 2.18. The van der Waals surface area contributed by atoms with Crippen molar-refractivity contribution in [2.75, 3.05) is 19.0 Å². The van der Waals surface area contributed by atoms with Gasteiger partial charge in [0.2, 0.25) is 0 Å². The molecule has 0 unspecified atom stereocenters. The summed E-state index contributed by atoms with van der Waals surface area (Å²) in [7, 11) is 0. The Morgan fingerprint density at radius 2 is 2.24 bits per heavy atom. The Hall–Kier alpha value is -0.510. The van der Waals surface area contributed by atoms with Crippen LogP contribution in [-0.2, 0) is 4.74 Å². The number of hydrogen-bond acceptors (Lipinski definition) is 3. The molecule has 1 saturated heterocycles. The first kappa shape index (κ1) is 12.9. The normalized spacial score (nSPS) is 21.6. The highest BCUT2D eigenvalue weighted by atomic mass is 32.2. The summed E-state index contributed by atoms with van der Waals surface area (Å²) in [5, 5.41) is 3.69. The van der Waals surface area contributed by atoms with Gasteiger partial charge in [0.25, 0.3) is 0 Å². The van der Waals surface area contributed by atoms with Crippen molar-refractivity contribution in [3.63, 3.8) is 0 Å². The van der Waals surface area contributed by atoms with Crippen LogP contribution in [0.4, 0.5) is 0 Å². The lowest BCUT2D eigenvalue weighted by Gasteiger charge is -2.20. The minimum atomic E-state index is 0.566. The van der Waals surface area contributed by atoms with E-state index in [1.807, 2.05) is 11.8 Å². The zero-order valence-electron chi connectivity index (χ0n) is 10.4. The molecule has 2 atom stereocenters. The van der Waals surface area contributed by atoms with Crippen LogP contribution in [0.25, 0.3) is 0 Å². The maximum atomic E-state index is 5.40. The van der Waals surface area contributed by atoms with Crippen molar-refractivity contribution >= 4 is 11.8 Å². The van der Waals surface area contributed by atoms with Gasteiger partial charge in [0.05, 0.1) is 6.61 Å². The van der Waals surface area contributed by atoms with E-state index in [0.29, 0.717) is 12.1 Å². The van der Waals surface area contributed by atoms with Crippen LogP contribution in [0, 0.1) is 0 Å². The minimum absolute atomic E-state index is 0.566. The number of hydrogen-bond donors (Lipinski definition) is 1. The van der Waals surface area contributed by atoms with Crippen LogP contribution in [0.1, 0.15) is 19.8 Å². The molecule has 94 valence electrons. The van der Waals surface area contributed by atoms with Crippen LogP contribution in [0.2, 0.25) is 0 Å². The van der Waals surface area contributed by atoms with Gasteiger partial charge in [0.1, 0.15) is 0 Å². The molecule has 1 heterocycles. The smallest absolute Gasteiger partial charge is 0.0620 e. The van der Waals surface area contributed by atoms with Gasteiger partial charge in [-0.2, -0.15) is 0 Å². The van der Waals surface area contributed by atoms with E-state index < -0.39 is 0 Å². The summed E-state index contributed by atoms with van der Waals surface area (Å²) < 4.78 is 5.40. The quantitative estimate of drug-likeness (QED) is 0.786. The third-order valence-electron chi connectivity index (χ3n) is 3.09. The molecule has 3 heteroatoms. The Morgan fingerprint density at radius 1 is 1.41 bits per heavy atom. The monoisotopic (exact) mass is 251 g/mol. The average molecular weight is 251 g/mol. The minimum Gasteiger partial charge on any atom is -0.380 e. The summed E-state index contributed by atoms with van der Waals surface area (Å²) in [6.07, 6.45) is 2.34. The lowest BCUT2D eigenvalue weighted by Crippen LogP contribution is -2.39. The zero-order chi connectivity index (χ0) is 11.9. The molecule has 0 radical (unpaired) electrons. The van der Waals surface area contributed by atoms with Gasteiger partial charge in [0, 0.05) is 29.3 Å². The Kier molecular flexibility index (Phi) is 5.36. The van der Waals surface area contributed by atoms with Crippen molar-refractivity contribution in [1.29, 1.82) is 0 Å². The van der Waals surface area contributed by atoms with Gasteiger partial charge in [-0.1, -0.05) is 25.1 Å². The molecule has 1 aromatic rings. The number of ether oxygens (including phenoxy) is 1. The van der Waals surface area contributed by atoms with Gasteiger partial charge in [-0.05, 0) is 25.0 Å². The highest BCUT2D eigenvalue weighted by Crippen LogP contribution is 2.19. The number of rotatable bonds is 6. The Balaban J connectivity index is 1.75. The fourth-order valence-corrected chi connectivity index (χ4v) is 3.07. The summed E-state index contributed by atoms with van der Waals surface area (Å²) in [5.41, 5.74) is 0. The van der Waals surface area contributed by atoms with Gasteiger partial charge in [-0.15, -0.1) is 11.8 Å². The molecule has 0 saturated carbocycles. The Bertz CT molecular complexity index is 311. The molecule has 1 fully saturated rings. The lowest BCUT2D eigenvalue weighted by atomic mass is 10.2. The van der Waals surface area contributed by atoms with E-state index in [1.165, 1.54) is 11.3 Å². The molecule has 2 rings (SSSR count). The summed E-state index contributed by atoms with van der Waals surface area (Å²) in [6.45, 7) is 4.05. The molecule has 1 aliphatic rings. The van der Waals surface area contributed by atoms with Gasteiger partial charge in [-0.3, -0.25) is 0 Å². The third kappa shape index (κ3) is 4.34. The molecule has 0 bridgehead atoms. The standard InChI is InChI=1S/C14H21NOS/c1-2-12(15-13-8-9-16-10-13)11-17-14-6-4-3-5-7-14/h3-7,12-13,15H,2,8-11H2,1H3/t12-,13+/m0/s1. The summed E-state index contributed by atoms with van der Waals surface area (Å²) in [5.74, 6) is 1.14. The number of nitrogens with one attached hydrogen (secondary N) is 1. The summed E-state index contributed by atoms with van der Waals surface area (Å²) in [4.78, 5) is 1.36. The van der Waals surface area contributed by atoms with Gasteiger partial charge < -0.3 is 10.1 Å². The maximum Gasteiger partial charge on any atom is 0.0620 e. The van der Waals surface area contributed by atoms with Crippen LogP contribution < -0.4 is 5.32 Å². The first-order valence-corrected chi connectivity index (χ1v) is 7.38. The van der Waals surface area contributed by atoms with E-state index in [9.17, 15) is 0 Å². The molecule has 0 amide bonds. The fraction of sp³-hybridized carbons (Fsp3) is 0.571. The van der Waals surface area contributed by atoms with E-state index in [4.69, 9.17) is 4.74 Å². The van der Waals surface area contributed by atoms with Gasteiger partial charge in [-0.25, -0.2) is 0 Å². The second-order valence-electron chi connectivity index (χ2n) is 4.46. The molecular weight excluding hydrogens is 230 g/mol.